The summed E-state index contributed by atoms with van der Waals surface area (Å²) in [6.07, 6.45) is -0.380. The molecule has 152 valence electrons. The second-order valence-corrected chi connectivity index (χ2v) is 7.11. The minimum atomic E-state index is -1.05. The number of carboxylic acid groups (broad SMARTS) is 1. The highest BCUT2D eigenvalue weighted by atomic mass is 32.2. The smallest absolute Gasteiger partial charge is 0.303 e. The van der Waals surface area contributed by atoms with Crippen LogP contribution in [0.15, 0.2) is 47.4 Å². The summed E-state index contributed by atoms with van der Waals surface area (Å²) >= 11 is 1.23. The number of nitro groups is 1. The number of aliphatic carboxylic acids is 1. The number of non-ortho nitro benzene ring substituents is 1. The Hall–Kier alpha value is -3.40. The Morgan fingerprint density at radius 1 is 1.07 bits per heavy atom. The molecule has 0 fully saturated rings. The summed E-state index contributed by atoms with van der Waals surface area (Å²) in [6, 6.07) is 11.1. The average molecular weight is 417 g/mol. The SMILES string of the molecule is Cc1ccc([N+](=O)[O-])cc1NC(=O)CSc1cccc(NC(=O)CCC(=O)O)c1. The van der Waals surface area contributed by atoms with E-state index in [1.165, 1.54) is 23.9 Å². The summed E-state index contributed by atoms with van der Waals surface area (Å²) in [4.78, 5) is 45.5. The average Bonchev–Trinajstić information content (AvgIpc) is 2.66. The molecule has 0 aromatic heterocycles. The molecule has 0 aliphatic carbocycles. The second kappa shape index (κ2) is 10.2. The van der Waals surface area contributed by atoms with E-state index in [2.05, 4.69) is 10.6 Å². The van der Waals surface area contributed by atoms with Gasteiger partial charge in [0.1, 0.15) is 0 Å². The van der Waals surface area contributed by atoms with Crippen molar-refractivity contribution >= 4 is 46.6 Å². The van der Waals surface area contributed by atoms with Crippen molar-refractivity contribution in [2.24, 2.45) is 0 Å². The molecule has 0 unspecified atom stereocenters. The maximum atomic E-state index is 12.2. The molecule has 0 bridgehead atoms. The fourth-order valence-corrected chi connectivity index (χ4v) is 3.06. The summed E-state index contributed by atoms with van der Waals surface area (Å²) in [5.41, 5.74) is 1.48. The van der Waals surface area contributed by atoms with Crippen LogP contribution in [0.1, 0.15) is 18.4 Å². The standard InChI is InChI=1S/C19H19N3O6S/c1-12-5-6-14(22(27)28)10-16(12)21-18(24)11-29-15-4-2-3-13(9-15)20-17(23)7-8-19(25)26/h2-6,9-10H,7-8,11H2,1H3,(H,20,23)(H,21,24)(H,25,26). The van der Waals surface area contributed by atoms with Gasteiger partial charge in [0.05, 0.1) is 22.8 Å². The predicted octanol–water partition coefficient (Wildman–Crippen LogP) is 3.44. The Morgan fingerprint density at radius 2 is 1.83 bits per heavy atom. The number of nitrogens with zero attached hydrogens (tertiary/aromatic N) is 1. The van der Waals surface area contributed by atoms with Gasteiger partial charge < -0.3 is 15.7 Å². The van der Waals surface area contributed by atoms with E-state index in [0.717, 1.165) is 4.90 Å². The van der Waals surface area contributed by atoms with E-state index >= 15 is 0 Å². The lowest BCUT2D eigenvalue weighted by atomic mass is 10.2. The Labute approximate surface area is 170 Å². The van der Waals surface area contributed by atoms with Gasteiger partial charge in [0.25, 0.3) is 5.69 Å². The van der Waals surface area contributed by atoms with Crippen LogP contribution in [-0.2, 0) is 14.4 Å². The molecule has 10 heteroatoms. The van der Waals surface area contributed by atoms with Crippen LogP contribution in [-0.4, -0.2) is 33.6 Å². The molecule has 3 N–H and O–H groups in total. The molecule has 0 heterocycles. The van der Waals surface area contributed by atoms with Crippen LogP contribution >= 0.6 is 11.8 Å². The summed E-state index contributed by atoms with van der Waals surface area (Å²) in [7, 11) is 0. The number of rotatable bonds is 9. The Balaban J connectivity index is 1.92. The molecule has 0 spiro atoms. The molecule has 0 aliphatic rings. The van der Waals surface area contributed by atoms with E-state index in [1.807, 2.05) is 0 Å². The maximum Gasteiger partial charge on any atom is 0.303 e. The van der Waals surface area contributed by atoms with Gasteiger partial charge in [-0.15, -0.1) is 11.8 Å². The highest BCUT2D eigenvalue weighted by Gasteiger charge is 2.12. The number of carbonyl (C=O) groups is 3. The molecule has 2 aromatic rings. The second-order valence-electron chi connectivity index (χ2n) is 6.06. The van der Waals surface area contributed by atoms with Crippen LogP contribution in [0, 0.1) is 17.0 Å². The van der Waals surface area contributed by atoms with Crippen molar-refractivity contribution < 1.29 is 24.4 Å². The number of anilines is 2. The highest BCUT2D eigenvalue weighted by molar-refractivity contribution is 8.00. The molecule has 2 aromatic carbocycles. The van der Waals surface area contributed by atoms with Crippen LogP contribution in [0.2, 0.25) is 0 Å². The highest BCUT2D eigenvalue weighted by Crippen LogP contribution is 2.24. The summed E-state index contributed by atoms with van der Waals surface area (Å²) in [5.74, 6) is -1.71. The Kier molecular flexibility index (Phi) is 7.72. The van der Waals surface area contributed by atoms with Gasteiger partial charge in [0, 0.05) is 29.1 Å². The van der Waals surface area contributed by atoms with Gasteiger partial charge in [-0.3, -0.25) is 24.5 Å². The lowest BCUT2D eigenvalue weighted by Crippen LogP contribution is -2.15. The van der Waals surface area contributed by atoms with Gasteiger partial charge >= 0.3 is 5.97 Å². The first-order valence-electron chi connectivity index (χ1n) is 8.54. The van der Waals surface area contributed by atoms with Crippen LogP contribution in [0.25, 0.3) is 0 Å². The van der Waals surface area contributed by atoms with Crippen molar-refractivity contribution in [3.8, 4) is 0 Å². The van der Waals surface area contributed by atoms with Crippen molar-refractivity contribution in [2.45, 2.75) is 24.7 Å². The van der Waals surface area contributed by atoms with E-state index in [-0.39, 0.29) is 30.2 Å². The first-order chi connectivity index (χ1) is 13.7. The third-order valence-corrected chi connectivity index (χ3v) is 4.75. The van der Waals surface area contributed by atoms with Crippen molar-refractivity contribution in [3.05, 3.63) is 58.1 Å². The maximum absolute atomic E-state index is 12.2. The fourth-order valence-electron chi connectivity index (χ4n) is 2.30. The molecule has 0 radical (unpaired) electrons. The van der Waals surface area contributed by atoms with Crippen molar-refractivity contribution in [1.29, 1.82) is 0 Å². The van der Waals surface area contributed by atoms with Crippen LogP contribution in [0.3, 0.4) is 0 Å². The Bertz CT molecular complexity index is 947. The first-order valence-corrected chi connectivity index (χ1v) is 9.52. The Morgan fingerprint density at radius 3 is 2.52 bits per heavy atom. The molecule has 0 saturated heterocycles. The minimum Gasteiger partial charge on any atom is -0.481 e. The molecule has 0 saturated carbocycles. The van der Waals surface area contributed by atoms with Crippen molar-refractivity contribution in [1.82, 2.24) is 0 Å². The van der Waals surface area contributed by atoms with E-state index in [0.29, 0.717) is 16.9 Å². The third kappa shape index (κ3) is 7.26. The van der Waals surface area contributed by atoms with Crippen LogP contribution in [0.5, 0.6) is 0 Å². The van der Waals surface area contributed by atoms with Gasteiger partial charge in [0.2, 0.25) is 11.8 Å². The normalized spacial score (nSPS) is 10.2. The number of nitro benzene ring substituents is 1. The van der Waals surface area contributed by atoms with Crippen molar-refractivity contribution in [2.75, 3.05) is 16.4 Å². The topological polar surface area (TPSA) is 139 Å². The number of hydrogen-bond acceptors (Lipinski definition) is 6. The van der Waals surface area contributed by atoms with Gasteiger partial charge in [-0.2, -0.15) is 0 Å². The lowest BCUT2D eigenvalue weighted by molar-refractivity contribution is -0.384. The van der Waals surface area contributed by atoms with Crippen molar-refractivity contribution in [3.63, 3.8) is 0 Å². The lowest BCUT2D eigenvalue weighted by Gasteiger charge is -2.09. The zero-order valence-corrected chi connectivity index (χ0v) is 16.3. The molecule has 2 amide bonds. The first kappa shape index (κ1) is 21.9. The van der Waals surface area contributed by atoms with Gasteiger partial charge in [-0.1, -0.05) is 12.1 Å². The van der Waals surface area contributed by atoms with Gasteiger partial charge in [-0.25, -0.2) is 0 Å². The summed E-state index contributed by atoms with van der Waals surface area (Å²) in [5, 5.41) is 24.7. The van der Waals surface area contributed by atoms with E-state index < -0.39 is 16.8 Å². The number of hydrogen-bond donors (Lipinski definition) is 3. The minimum absolute atomic E-state index is 0.0680. The molecule has 29 heavy (non-hydrogen) atoms. The van der Waals surface area contributed by atoms with E-state index in [9.17, 15) is 24.5 Å². The molecule has 0 atom stereocenters. The number of amides is 2. The number of carbonyl (C=O) groups excluding carboxylic acids is 2. The molecule has 2 rings (SSSR count). The third-order valence-electron chi connectivity index (χ3n) is 3.76. The quantitative estimate of drug-likeness (QED) is 0.323. The van der Waals surface area contributed by atoms with Crippen LogP contribution in [0.4, 0.5) is 17.1 Å². The van der Waals surface area contributed by atoms with E-state index in [4.69, 9.17) is 5.11 Å². The monoisotopic (exact) mass is 417 g/mol. The molecule has 9 nitrogen and oxygen atoms in total. The molecular weight excluding hydrogens is 398 g/mol. The summed E-state index contributed by atoms with van der Waals surface area (Å²) < 4.78 is 0. The zero-order valence-electron chi connectivity index (χ0n) is 15.5. The predicted molar refractivity (Wildman–Crippen MR) is 109 cm³/mol. The summed E-state index contributed by atoms with van der Waals surface area (Å²) in [6.45, 7) is 1.74. The van der Waals surface area contributed by atoms with Gasteiger partial charge in [0.15, 0.2) is 0 Å². The van der Waals surface area contributed by atoms with Gasteiger partial charge in [-0.05, 0) is 30.7 Å². The number of aryl methyl sites for hydroxylation is 1. The number of carboxylic acids is 1. The molecule has 0 aliphatic heterocycles. The molecular formula is C19H19N3O6S. The largest absolute Gasteiger partial charge is 0.481 e. The number of thioether (sulfide) groups is 1. The number of nitrogens with one attached hydrogen (secondary N) is 2. The number of benzene rings is 2. The van der Waals surface area contributed by atoms with E-state index in [1.54, 1.807) is 37.3 Å². The zero-order chi connectivity index (χ0) is 21.4. The fraction of sp³-hybridized carbons (Fsp3) is 0.211. The van der Waals surface area contributed by atoms with Crippen LogP contribution < -0.4 is 10.6 Å².